The van der Waals surface area contributed by atoms with Crippen molar-refractivity contribution >= 4 is 33.5 Å². The van der Waals surface area contributed by atoms with Crippen molar-refractivity contribution in [2.24, 2.45) is 0 Å². The van der Waals surface area contributed by atoms with Gasteiger partial charge in [0.15, 0.2) is 5.78 Å². The Morgan fingerprint density at radius 2 is 1.92 bits per heavy atom. The standard InChI is InChI=1S/C20H19BrN2O2S/c1-11-8-12(2)18(14(4)24)13(3)17(11)10-26-20-23-22-19(25-20)15-6-5-7-16(21)9-15/h5-9H,10H2,1-4H3. The van der Waals surface area contributed by atoms with E-state index in [0.717, 1.165) is 32.3 Å². The average molecular weight is 431 g/mol. The van der Waals surface area contributed by atoms with Crippen LogP contribution in [0.25, 0.3) is 11.5 Å². The Hall–Kier alpha value is -1.92. The van der Waals surface area contributed by atoms with Crippen LogP contribution in [0.3, 0.4) is 0 Å². The van der Waals surface area contributed by atoms with E-state index < -0.39 is 0 Å². The highest BCUT2D eigenvalue weighted by molar-refractivity contribution is 9.10. The van der Waals surface area contributed by atoms with Crippen molar-refractivity contribution in [1.82, 2.24) is 10.2 Å². The Bertz CT molecular complexity index is 982. The second kappa shape index (κ2) is 7.76. The Balaban J connectivity index is 1.82. The topological polar surface area (TPSA) is 56.0 Å². The Kier molecular flexibility index (Phi) is 5.63. The molecule has 0 amide bonds. The van der Waals surface area contributed by atoms with Gasteiger partial charge in [-0.2, -0.15) is 0 Å². The van der Waals surface area contributed by atoms with Gasteiger partial charge in [0.2, 0.25) is 5.89 Å². The molecular weight excluding hydrogens is 412 g/mol. The molecule has 0 saturated heterocycles. The van der Waals surface area contributed by atoms with E-state index in [4.69, 9.17) is 4.42 Å². The summed E-state index contributed by atoms with van der Waals surface area (Å²) in [5, 5.41) is 8.79. The molecule has 3 aromatic rings. The van der Waals surface area contributed by atoms with E-state index in [2.05, 4.69) is 39.1 Å². The van der Waals surface area contributed by atoms with Gasteiger partial charge in [0.25, 0.3) is 5.22 Å². The number of hydrogen-bond donors (Lipinski definition) is 0. The number of aryl methyl sites for hydroxylation is 2. The average Bonchev–Trinajstić information content (AvgIpc) is 3.03. The minimum Gasteiger partial charge on any atom is -0.411 e. The third kappa shape index (κ3) is 3.91. The fourth-order valence-electron chi connectivity index (χ4n) is 3.13. The molecule has 4 nitrogen and oxygen atoms in total. The number of carbonyl (C=O) groups excluding carboxylic acids is 1. The number of nitrogens with zero attached hydrogens (tertiary/aromatic N) is 2. The van der Waals surface area contributed by atoms with Crippen LogP contribution in [0.15, 0.2) is 44.4 Å². The molecule has 0 saturated carbocycles. The molecule has 6 heteroatoms. The van der Waals surface area contributed by atoms with E-state index in [9.17, 15) is 4.79 Å². The lowest BCUT2D eigenvalue weighted by molar-refractivity contribution is 0.101. The fourth-order valence-corrected chi connectivity index (χ4v) is 4.48. The zero-order valence-corrected chi connectivity index (χ0v) is 17.5. The van der Waals surface area contributed by atoms with Gasteiger partial charge < -0.3 is 4.42 Å². The van der Waals surface area contributed by atoms with Crippen molar-refractivity contribution in [2.75, 3.05) is 0 Å². The molecule has 26 heavy (non-hydrogen) atoms. The summed E-state index contributed by atoms with van der Waals surface area (Å²) in [6, 6.07) is 9.82. The molecule has 0 aliphatic rings. The number of rotatable bonds is 5. The number of aromatic nitrogens is 2. The van der Waals surface area contributed by atoms with Crippen LogP contribution in [-0.4, -0.2) is 16.0 Å². The fraction of sp³-hybridized carbons (Fsp3) is 0.250. The Morgan fingerprint density at radius 1 is 1.15 bits per heavy atom. The number of halogens is 1. The van der Waals surface area contributed by atoms with Crippen molar-refractivity contribution < 1.29 is 9.21 Å². The zero-order chi connectivity index (χ0) is 18.8. The molecule has 0 aliphatic heterocycles. The molecule has 0 fully saturated rings. The summed E-state index contributed by atoms with van der Waals surface area (Å²) in [6.07, 6.45) is 0. The van der Waals surface area contributed by atoms with Gasteiger partial charge in [0.05, 0.1) is 0 Å². The highest BCUT2D eigenvalue weighted by Gasteiger charge is 2.16. The van der Waals surface area contributed by atoms with Crippen molar-refractivity contribution in [3.05, 3.63) is 62.6 Å². The van der Waals surface area contributed by atoms with Gasteiger partial charge in [-0.05, 0) is 68.1 Å². The van der Waals surface area contributed by atoms with Crippen LogP contribution in [0, 0.1) is 20.8 Å². The van der Waals surface area contributed by atoms with Crippen LogP contribution >= 0.6 is 27.7 Å². The maximum Gasteiger partial charge on any atom is 0.277 e. The van der Waals surface area contributed by atoms with Crippen LogP contribution in [0.1, 0.15) is 39.5 Å². The Labute approximate surface area is 165 Å². The summed E-state index contributed by atoms with van der Waals surface area (Å²) < 4.78 is 6.74. The highest BCUT2D eigenvalue weighted by Crippen LogP contribution is 2.31. The lowest BCUT2D eigenvalue weighted by atomic mass is 9.92. The summed E-state index contributed by atoms with van der Waals surface area (Å²) in [5.74, 6) is 1.27. The van der Waals surface area contributed by atoms with Crippen molar-refractivity contribution in [3.8, 4) is 11.5 Å². The summed E-state index contributed by atoms with van der Waals surface area (Å²) in [6.45, 7) is 7.67. The third-order valence-electron chi connectivity index (χ3n) is 4.30. The maximum atomic E-state index is 12.0. The van der Waals surface area contributed by atoms with Crippen LogP contribution in [-0.2, 0) is 5.75 Å². The first-order chi connectivity index (χ1) is 12.4. The molecule has 3 rings (SSSR count). The first-order valence-electron chi connectivity index (χ1n) is 8.19. The van der Waals surface area contributed by atoms with Gasteiger partial charge in [0, 0.05) is 21.4 Å². The van der Waals surface area contributed by atoms with Crippen molar-refractivity contribution in [1.29, 1.82) is 0 Å². The van der Waals surface area contributed by atoms with Crippen LogP contribution < -0.4 is 0 Å². The number of hydrogen-bond acceptors (Lipinski definition) is 5. The normalized spacial score (nSPS) is 11.0. The minimum absolute atomic E-state index is 0.0981. The van der Waals surface area contributed by atoms with E-state index >= 15 is 0 Å². The second-order valence-electron chi connectivity index (χ2n) is 6.22. The van der Waals surface area contributed by atoms with Crippen LogP contribution in [0.4, 0.5) is 0 Å². The summed E-state index contributed by atoms with van der Waals surface area (Å²) in [4.78, 5) is 12.0. The van der Waals surface area contributed by atoms with Gasteiger partial charge >= 0.3 is 0 Å². The summed E-state index contributed by atoms with van der Waals surface area (Å²) in [5.41, 5.74) is 6.06. The summed E-state index contributed by atoms with van der Waals surface area (Å²) >= 11 is 4.93. The van der Waals surface area contributed by atoms with Crippen molar-refractivity contribution in [2.45, 2.75) is 38.7 Å². The van der Waals surface area contributed by atoms with Gasteiger partial charge in [0.1, 0.15) is 0 Å². The SMILES string of the molecule is CC(=O)c1c(C)cc(C)c(CSc2nnc(-c3cccc(Br)c3)o2)c1C. The molecule has 0 unspecified atom stereocenters. The first kappa shape index (κ1) is 18.9. The molecule has 0 aliphatic carbocycles. The number of carbonyl (C=O) groups is 1. The van der Waals surface area contributed by atoms with Gasteiger partial charge in [-0.15, -0.1) is 10.2 Å². The molecule has 0 N–H and O–H groups in total. The van der Waals surface area contributed by atoms with E-state index in [1.54, 1.807) is 6.92 Å². The van der Waals surface area contributed by atoms with Crippen molar-refractivity contribution in [3.63, 3.8) is 0 Å². The predicted octanol–water partition coefficient (Wildman–Crippen LogP) is 5.92. The molecule has 1 aromatic heterocycles. The first-order valence-corrected chi connectivity index (χ1v) is 9.97. The number of Topliss-reactive ketones (excluding diaryl/α,β-unsaturated/α-hetero) is 1. The Morgan fingerprint density at radius 3 is 2.62 bits per heavy atom. The molecule has 1 heterocycles. The number of ketones is 1. The lowest BCUT2D eigenvalue weighted by Crippen LogP contribution is -2.05. The van der Waals surface area contributed by atoms with E-state index in [1.807, 2.05) is 38.1 Å². The third-order valence-corrected chi connectivity index (χ3v) is 5.64. The maximum absolute atomic E-state index is 12.0. The van der Waals surface area contributed by atoms with Gasteiger partial charge in [-0.25, -0.2) is 0 Å². The highest BCUT2D eigenvalue weighted by atomic mass is 79.9. The molecule has 134 valence electrons. The monoisotopic (exact) mass is 430 g/mol. The number of benzene rings is 2. The molecule has 0 spiro atoms. The second-order valence-corrected chi connectivity index (χ2v) is 8.06. The smallest absolute Gasteiger partial charge is 0.277 e. The van der Waals surface area contributed by atoms with E-state index in [-0.39, 0.29) is 5.78 Å². The van der Waals surface area contributed by atoms with Gasteiger partial charge in [-0.1, -0.05) is 39.8 Å². The molecule has 0 bridgehead atoms. The molecule has 2 aromatic carbocycles. The zero-order valence-electron chi connectivity index (χ0n) is 15.1. The molecule has 0 atom stereocenters. The summed E-state index contributed by atoms with van der Waals surface area (Å²) in [7, 11) is 0. The lowest BCUT2D eigenvalue weighted by Gasteiger charge is -2.15. The largest absolute Gasteiger partial charge is 0.411 e. The number of thioether (sulfide) groups is 1. The molecular formula is C20H19BrN2O2S. The predicted molar refractivity (Wildman–Crippen MR) is 108 cm³/mol. The minimum atomic E-state index is 0.0981. The van der Waals surface area contributed by atoms with Crippen LogP contribution in [0.5, 0.6) is 0 Å². The van der Waals surface area contributed by atoms with E-state index in [0.29, 0.717) is 16.9 Å². The van der Waals surface area contributed by atoms with E-state index in [1.165, 1.54) is 17.3 Å². The van der Waals surface area contributed by atoms with Crippen LogP contribution in [0.2, 0.25) is 0 Å². The van der Waals surface area contributed by atoms with Gasteiger partial charge in [-0.3, -0.25) is 4.79 Å². The molecule has 0 radical (unpaired) electrons. The quantitative estimate of drug-likeness (QED) is 0.371.